The SMILES string of the molecule is Cc1ccc(S[C@@]2(CN3CCC[C@H](C)C3)COc3c(cc(C)cc3[N+](=O)[O-])C2=O)cc1. The van der Waals surface area contributed by atoms with Crippen molar-refractivity contribution in [1.82, 2.24) is 4.90 Å². The van der Waals surface area contributed by atoms with Crippen molar-refractivity contribution in [1.29, 1.82) is 0 Å². The van der Waals surface area contributed by atoms with Crippen molar-refractivity contribution >= 4 is 23.2 Å². The fraction of sp³-hybridized carbons (Fsp3) is 0.458. The minimum atomic E-state index is -0.846. The van der Waals surface area contributed by atoms with Crippen LogP contribution in [-0.4, -0.2) is 46.6 Å². The largest absolute Gasteiger partial charge is 0.484 e. The zero-order chi connectivity index (χ0) is 22.2. The van der Waals surface area contributed by atoms with Gasteiger partial charge in [-0.3, -0.25) is 14.9 Å². The molecule has 1 fully saturated rings. The van der Waals surface area contributed by atoms with Gasteiger partial charge < -0.3 is 9.64 Å². The molecular weight excluding hydrogens is 412 g/mol. The Bertz CT molecular complexity index is 1010. The minimum Gasteiger partial charge on any atom is -0.484 e. The molecule has 2 aromatic carbocycles. The fourth-order valence-corrected chi connectivity index (χ4v) is 5.85. The Balaban J connectivity index is 1.74. The minimum absolute atomic E-state index is 0.0793. The summed E-state index contributed by atoms with van der Waals surface area (Å²) in [7, 11) is 0. The van der Waals surface area contributed by atoms with Crippen LogP contribution in [0.15, 0.2) is 41.3 Å². The van der Waals surface area contributed by atoms with E-state index in [1.165, 1.54) is 24.2 Å². The van der Waals surface area contributed by atoms with Gasteiger partial charge in [0.15, 0.2) is 5.78 Å². The van der Waals surface area contributed by atoms with Gasteiger partial charge in [0.1, 0.15) is 11.4 Å². The molecule has 0 unspecified atom stereocenters. The van der Waals surface area contributed by atoms with Crippen molar-refractivity contribution in [3.8, 4) is 5.75 Å². The Morgan fingerprint density at radius 1 is 1.23 bits per heavy atom. The first kappa shape index (κ1) is 21.8. The summed E-state index contributed by atoms with van der Waals surface area (Å²) in [5.41, 5.74) is 2.03. The summed E-state index contributed by atoms with van der Waals surface area (Å²) in [4.78, 5) is 28.4. The first-order valence-electron chi connectivity index (χ1n) is 10.7. The van der Waals surface area contributed by atoms with Gasteiger partial charge in [0.25, 0.3) is 0 Å². The third-order valence-electron chi connectivity index (χ3n) is 6.07. The van der Waals surface area contributed by atoms with Gasteiger partial charge in [-0.15, -0.1) is 11.8 Å². The van der Waals surface area contributed by atoms with Gasteiger partial charge in [0.2, 0.25) is 5.75 Å². The number of piperidine rings is 1. The summed E-state index contributed by atoms with van der Waals surface area (Å²) < 4.78 is 5.17. The highest BCUT2D eigenvalue weighted by atomic mass is 32.2. The molecule has 1 saturated heterocycles. The summed E-state index contributed by atoms with van der Waals surface area (Å²) in [5.74, 6) is 0.613. The van der Waals surface area contributed by atoms with E-state index in [4.69, 9.17) is 4.74 Å². The topological polar surface area (TPSA) is 72.7 Å². The smallest absolute Gasteiger partial charge is 0.311 e. The van der Waals surface area contributed by atoms with Crippen LogP contribution in [0, 0.1) is 29.9 Å². The van der Waals surface area contributed by atoms with Gasteiger partial charge in [-0.25, -0.2) is 0 Å². The van der Waals surface area contributed by atoms with Crippen molar-refractivity contribution < 1.29 is 14.5 Å². The molecule has 2 heterocycles. The highest BCUT2D eigenvalue weighted by Crippen LogP contribution is 2.45. The highest BCUT2D eigenvalue weighted by molar-refractivity contribution is 8.01. The maximum atomic E-state index is 13.9. The number of thioether (sulfide) groups is 1. The van der Waals surface area contributed by atoms with Gasteiger partial charge in [-0.2, -0.15) is 0 Å². The lowest BCUT2D eigenvalue weighted by Crippen LogP contribution is -2.54. The molecule has 0 radical (unpaired) electrons. The first-order valence-corrected chi connectivity index (χ1v) is 11.5. The van der Waals surface area contributed by atoms with E-state index in [2.05, 4.69) is 11.8 Å². The van der Waals surface area contributed by atoms with E-state index in [-0.39, 0.29) is 23.8 Å². The zero-order valence-electron chi connectivity index (χ0n) is 18.2. The van der Waals surface area contributed by atoms with Crippen molar-refractivity contribution in [2.75, 3.05) is 26.2 Å². The summed E-state index contributed by atoms with van der Waals surface area (Å²) in [6, 6.07) is 11.3. The Kier molecular flexibility index (Phi) is 6.08. The molecule has 6 nitrogen and oxygen atoms in total. The van der Waals surface area contributed by atoms with Crippen LogP contribution >= 0.6 is 11.8 Å². The number of aryl methyl sites for hydroxylation is 2. The lowest BCUT2D eigenvalue weighted by Gasteiger charge is -2.41. The van der Waals surface area contributed by atoms with Crippen LogP contribution in [0.3, 0.4) is 0 Å². The summed E-state index contributed by atoms with van der Waals surface area (Å²) in [6.07, 6.45) is 2.32. The van der Waals surface area contributed by atoms with Crippen LogP contribution in [0.4, 0.5) is 5.69 Å². The van der Waals surface area contributed by atoms with Crippen LogP contribution in [-0.2, 0) is 0 Å². The second-order valence-corrected chi connectivity index (χ2v) is 10.4. The number of nitro groups is 1. The standard InChI is InChI=1S/C24H28N2O4S/c1-16-6-8-19(9-7-16)31-24(14-25-10-4-5-17(2)13-25)15-30-22-20(23(24)27)11-18(3)12-21(22)26(28)29/h6-9,11-12,17H,4-5,10,13-15H2,1-3H3/t17-,24-/m0/s1. The molecule has 0 N–H and O–H groups in total. The molecule has 2 atom stereocenters. The Labute approximate surface area is 187 Å². The normalized spacial score (nSPS) is 23.8. The fourth-order valence-electron chi connectivity index (χ4n) is 4.56. The number of rotatable bonds is 5. The van der Waals surface area contributed by atoms with Crippen LogP contribution in [0.5, 0.6) is 5.75 Å². The van der Waals surface area contributed by atoms with E-state index < -0.39 is 9.67 Å². The van der Waals surface area contributed by atoms with Crippen LogP contribution in [0.1, 0.15) is 41.3 Å². The van der Waals surface area contributed by atoms with E-state index in [0.717, 1.165) is 30.0 Å². The number of benzene rings is 2. The summed E-state index contributed by atoms with van der Waals surface area (Å²) in [5, 5.41) is 11.6. The third kappa shape index (κ3) is 4.48. The molecular formula is C24H28N2O4S. The molecule has 0 aromatic heterocycles. The van der Waals surface area contributed by atoms with Crippen molar-refractivity contribution in [3.05, 3.63) is 63.2 Å². The Morgan fingerprint density at radius 3 is 2.65 bits per heavy atom. The number of nitrogens with zero attached hydrogens (tertiary/aromatic N) is 2. The number of ether oxygens (including phenoxy) is 1. The number of ketones is 1. The maximum Gasteiger partial charge on any atom is 0.311 e. The average Bonchev–Trinajstić information content (AvgIpc) is 2.72. The molecule has 4 rings (SSSR count). The molecule has 2 aliphatic heterocycles. The number of fused-ring (bicyclic) bond motifs is 1. The predicted octanol–water partition coefficient (Wildman–Crippen LogP) is 5.05. The number of nitro benzene ring substituents is 1. The highest BCUT2D eigenvalue weighted by Gasteiger charge is 2.48. The van der Waals surface area contributed by atoms with E-state index in [1.807, 2.05) is 31.2 Å². The molecule has 0 amide bonds. The predicted molar refractivity (Wildman–Crippen MR) is 122 cm³/mol. The third-order valence-corrected chi connectivity index (χ3v) is 7.40. The van der Waals surface area contributed by atoms with Crippen molar-refractivity contribution in [2.45, 2.75) is 43.3 Å². The molecule has 0 saturated carbocycles. The second-order valence-electron chi connectivity index (χ2n) is 8.93. The lowest BCUT2D eigenvalue weighted by molar-refractivity contribution is -0.386. The monoisotopic (exact) mass is 440 g/mol. The van der Waals surface area contributed by atoms with Crippen LogP contribution < -0.4 is 4.74 Å². The number of likely N-dealkylation sites (tertiary alicyclic amines) is 1. The van der Waals surface area contributed by atoms with E-state index >= 15 is 0 Å². The molecule has 0 aliphatic carbocycles. The van der Waals surface area contributed by atoms with Gasteiger partial charge in [0, 0.05) is 24.1 Å². The van der Waals surface area contributed by atoms with Crippen molar-refractivity contribution in [3.63, 3.8) is 0 Å². The molecule has 164 valence electrons. The van der Waals surface area contributed by atoms with Crippen molar-refractivity contribution in [2.24, 2.45) is 5.92 Å². The van der Waals surface area contributed by atoms with Gasteiger partial charge in [-0.05, 0) is 62.9 Å². The molecule has 0 spiro atoms. The number of carbonyl (C=O) groups is 1. The quantitative estimate of drug-likeness (QED) is 0.479. The summed E-state index contributed by atoms with van der Waals surface area (Å²) >= 11 is 1.52. The second kappa shape index (κ2) is 8.63. The Hall–Kier alpha value is -2.38. The summed E-state index contributed by atoms with van der Waals surface area (Å²) in [6.45, 7) is 8.64. The first-order chi connectivity index (χ1) is 14.8. The number of Topliss-reactive ketones (excluding diaryl/α,β-unsaturated/α-hetero) is 1. The number of hydrogen-bond acceptors (Lipinski definition) is 6. The molecule has 0 bridgehead atoms. The van der Waals surface area contributed by atoms with E-state index in [0.29, 0.717) is 23.6 Å². The molecule has 2 aliphatic rings. The van der Waals surface area contributed by atoms with Gasteiger partial charge in [0.05, 0.1) is 10.5 Å². The van der Waals surface area contributed by atoms with Gasteiger partial charge >= 0.3 is 5.69 Å². The molecule has 31 heavy (non-hydrogen) atoms. The molecule has 2 aromatic rings. The maximum absolute atomic E-state index is 13.9. The van der Waals surface area contributed by atoms with Crippen LogP contribution in [0.2, 0.25) is 0 Å². The number of hydrogen-bond donors (Lipinski definition) is 0. The molecule has 7 heteroatoms. The van der Waals surface area contributed by atoms with E-state index in [1.54, 1.807) is 13.0 Å². The van der Waals surface area contributed by atoms with E-state index in [9.17, 15) is 14.9 Å². The van der Waals surface area contributed by atoms with Crippen LogP contribution in [0.25, 0.3) is 0 Å². The Morgan fingerprint density at radius 2 is 1.97 bits per heavy atom. The zero-order valence-corrected chi connectivity index (χ0v) is 19.0. The van der Waals surface area contributed by atoms with Gasteiger partial charge in [-0.1, -0.05) is 24.6 Å². The lowest BCUT2D eigenvalue weighted by atomic mass is 9.90. The average molecular weight is 441 g/mol. The number of carbonyl (C=O) groups excluding carboxylic acids is 1.